The standard InChI is InChI=1S/C22H19FN2O3S/c1-14(12-21-25-18-4-2-3-5-20(18)29-21)24-22(26)19-11-10-17(28-19)13-27-16-8-6-15(23)7-9-16/h2-11,14H,12-13H2,1H3,(H,24,26)/t14-/m0/s1. The smallest absolute Gasteiger partial charge is 0.287 e. The fourth-order valence-corrected chi connectivity index (χ4v) is 3.97. The summed E-state index contributed by atoms with van der Waals surface area (Å²) in [5.41, 5.74) is 0.975. The van der Waals surface area contributed by atoms with E-state index < -0.39 is 0 Å². The summed E-state index contributed by atoms with van der Waals surface area (Å²) in [6, 6.07) is 16.9. The highest BCUT2D eigenvalue weighted by Crippen LogP contribution is 2.22. The maximum atomic E-state index is 12.9. The number of para-hydroxylation sites is 1. The number of hydrogen-bond acceptors (Lipinski definition) is 5. The number of carbonyl (C=O) groups excluding carboxylic acids is 1. The summed E-state index contributed by atoms with van der Waals surface area (Å²) in [6.45, 7) is 2.09. The zero-order valence-electron chi connectivity index (χ0n) is 15.7. The number of hydrogen-bond donors (Lipinski definition) is 1. The van der Waals surface area contributed by atoms with Gasteiger partial charge in [0.25, 0.3) is 5.91 Å². The van der Waals surface area contributed by atoms with Crippen molar-refractivity contribution in [3.05, 3.63) is 83.0 Å². The van der Waals surface area contributed by atoms with Gasteiger partial charge in [-0.2, -0.15) is 0 Å². The monoisotopic (exact) mass is 410 g/mol. The Morgan fingerprint density at radius 1 is 1.17 bits per heavy atom. The molecule has 0 radical (unpaired) electrons. The second-order valence-electron chi connectivity index (χ2n) is 6.66. The normalized spacial score (nSPS) is 12.1. The molecule has 0 bridgehead atoms. The van der Waals surface area contributed by atoms with Crippen molar-refractivity contribution in [2.75, 3.05) is 0 Å². The third-order valence-corrected chi connectivity index (χ3v) is 5.34. The van der Waals surface area contributed by atoms with Gasteiger partial charge in [0.1, 0.15) is 23.9 Å². The third-order valence-electron chi connectivity index (χ3n) is 4.28. The van der Waals surface area contributed by atoms with Gasteiger partial charge in [-0.1, -0.05) is 12.1 Å². The van der Waals surface area contributed by atoms with E-state index in [2.05, 4.69) is 10.3 Å². The molecule has 4 rings (SSSR count). The van der Waals surface area contributed by atoms with Crippen LogP contribution in [0.15, 0.2) is 65.1 Å². The van der Waals surface area contributed by atoms with Crippen LogP contribution >= 0.6 is 11.3 Å². The molecular formula is C22H19FN2O3S. The molecule has 1 amide bonds. The van der Waals surface area contributed by atoms with E-state index in [1.165, 1.54) is 24.3 Å². The molecule has 0 aliphatic rings. The van der Waals surface area contributed by atoms with Gasteiger partial charge in [-0.15, -0.1) is 11.3 Å². The molecule has 0 fully saturated rings. The van der Waals surface area contributed by atoms with Gasteiger partial charge in [-0.05, 0) is 55.5 Å². The van der Waals surface area contributed by atoms with Gasteiger partial charge >= 0.3 is 0 Å². The first-order chi connectivity index (χ1) is 14.1. The molecule has 0 saturated heterocycles. The van der Waals surface area contributed by atoms with Crippen LogP contribution in [0.3, 0.4) is 0 Å². The highest BCUT2D eigenvalue weighted by Gasteiger charge is 2.16. The molecule has 0 aliphatic heterocycles. The number of carbonyl (C=O) groups is 1. The minimum Gasteiger partial charge on any atom is -0.486 e. The van der Waals surface area contributed by atoms with E-state index in [0.29, 0.717) is 17.9 Å². The molecule has 5 nitrogen and oxygen atoms in total. The molecule has 1 N–H and O–H groups in total. The second kappa shape index (κ2) is 8.45. The number of halogens is 1. The average Bonchev–Trinajstić information content (AvgIpc) is 3.33. The summed E-state index contributed by atoms with van der Waals surface area (Å²) in [5.74, 6) is 0.649. The van der Waals surface area contributed by atoms with E-state index >= 15 is 0 Å². The summed E-state index contributed by atoms with van der Waals surface area (Å²) in [7, 11) is 0. The molecule has 0 saturated carbocycles. The largest absolute Gasteiger partial charge is 0.486 e. The van der Waals surface area contributed by atoms with Crippen LogP contribution in [0.5, 0.6) is 5.75 Å². The van der Waals surface area contributed by atoms with Crippen LogP contribution in [0.25, 0.3) is 10.2 Å². The van der Waals surface area contributed by atoms with E-state index in [0.717, 1.165) is 15.2 Å². The van der Waals surface area contributed by atoms with Crippen LogP contribution < -0.4 is 10.1 Å². The Labute approximate surface area is 171 Å². The fraction of sp³-hybridized carbons (Fsp3) is 0.182. The first-order valence-corrected chi connectivity index (χ1v) is 10.0. The number of amides is 1. The van der Waals surface area contributed by atoms with Gasteiger partial charge in [-0.3, -0.25) is 4.79 Å². The zero-order valence-corrected chi connectivity index (χ0v) is 16.5. The molecule has 7 heteroatoms. The van der Waals surface area contributed by atoms with Crippen molar-refractivity contribution in [1.29, 1.82) is 0 Å². The molecular weight excluding hydrogens is 391 g/mol. The van der Waals surface area contributed by atoms with Crippen molar-refractivity contribution in [3.8, 4) is 5.75 Å². The number of nitrogens with one attached hydrogen (secondary N) is 1. The average molecular weight is 410 g/mol. The van der Waals surface area contributed by atoms with Crippen LogP contribution in [0.2, 0.25) is 0 Å². The Morgan fingerprint density at radius 2 is 1.97 bits per heavy atom. The number of rotatable bonds is 7. The van der Waals surface area contributed by atoms with Gasteiger partial charge in [0.05, 0.1) is 15.2 Å². The molecule has 0 unspecified atom stereocenters. The summed E-state index contributed by atoms with van der Waals surface area (Å²) in [4.78, 5) is 17.0. The van der Waals surface area contributed by atoms with Crippen molar-refractivity contribution in [1.82, 2.24) is 10.3 Å². The number of thiazole rings is 1. The second-order valence-corrected chi connectivity index (χ2v) is 7.78. The summed E-state index contributed by atoms with van der Waals surface area (Å²) < 4.78 is 25.1. The van der Waals surface area contributed by atoms with Crippen molar-refractivity contribution in [2.45, 2.75) is 26.0 Å². The quantitative estimate of drug-likeness (QED) is 0.467. The van der Waals surface area contributed by atoms with Crippen LogP contribution in [-0.4, -0.2) is 16.9 Å². The maximum Gasteiger partial charge on any atom is 0.287 e. The lowest BCUT2D eigenvalue weighted by Gasteiger charge is -2.11. The van der Waals surface area contributed by atoms with E-state index in [-0.39, 0.29) is 30.1 Å². The molecule has 148 valence electrons. The first-order valence-electron chi connectivity index (χ1n) is 9.19. The van der Waals surface area contributed by atoms with Crippen molar-refractivity contribution in [3.63, 3.8) is 0 Å². The van der Waals surface area contributed by atoms with Crippen molar-refractivity contribution < 1.29 is 18.3 Å². The minimum absolute atomic E-state index is 0.0907. The van der Waals surface area contributed by atoms with Gasteiger partial charge in [0, 0.05) is 12.5 Å². The number of nitrogens with zero attached hydrogens (tertiary/aromatic N) is 1. The molecule has 0 aliphatic carbocycles. The van der Waals surface area contributed by atoms with Crippen LogP contribution in [0.1, 0.15) is 28.2 Å². The molecule has 0 spiro atoms. The van der Waals surface area contributed by atoms with Crippen LogP contribution in [0.4, 0.5) is 4.39 Å². The molecule has 4 aromatic rings. The van der Waals surface area contributed by atoms with Crippen molar-refractivity contribution in [2.24, 2.45) is 0 Å². The summed E-state index contributed by atoms with van der Waals surface area (Å²) >= 11 is 1.63. The number of aromatic nitrogens is 1. The fourth-order valence-electron chi connectivity index (χ4n) is 2.88. The predicted molar refractivity (Wildman–Crippen MR) is 110 cm³/mol. The molecule has 29 heavy (non-hydrogen) atoms. The molecule has 2 aromatic carbocycles. The maximum absolute atomic E-state index is 12.9. The minimum atomic E-state index is -0.325. The summed E-state index contributed by atoms with van der Waals surface area (Å²) in [6.07, 6.45) is 0.645. The van der Waals surface area contributed by atoms with Crippen LogP contribution in [-0.2, 0) is 13.0 Å². The number of furan rings is 1. The highest BCUT2D eigenvalue weighted by atomic mass is 32.1. The van der Waals surface area contributed by atoms with E-state index in [1.807, 2.05) is 31.2 Å². The molecule has 2 heterocycles. The number of fused-ring (bicyclic) bond motifs is 1. The molecule has 2 aromatic heterocycles. The first kappa shape index (κ1) is 19.1. The topological polar surface area (TPSA) is 64.4 Å². The lowest BCUT2D eigenvalue weighted by molar-refractivity contribution is 0.0908. The predicted octanol–water partition coefficient (Wildman–Crippen LogP) is 4.97. The van der Waals surface area contributed by atoms with Gasteiger partial charge in [-0.25, -0.2) is 9.37 Å². The van der Waals surface area contributed by atoms with Gasteiger partial charge < -0.3 is 14.5 Å². The zero-order chi connectivity index (χ0) is 20.2. The van der Waals surface area contributed by atoms with Gasteiger partial charge in [0.15, 0.2) is 5.76 Å². The SMILES string of the molecule is C[C@@H](Cc1nc2ccccc2s1)NC(=O)c1ccc(COc2ccc(F)cc2)o1. The molecule has 1 atom stereocenters. The Hall–Kier alpha value is -3.19. The lowest BCUT2D eigenvalue weighted by atomic mass is 10.2. The highest BCUT2D eigenvalue weighted by molar-refractivity contribution is 7.18. The Bertz CT molecular complexity index is 1090. The van der Waals surface area contributed by atoms with Gasteiger partial charge in [0.2, 0.25) is 0 Å². The lowest BCUT2D eigenvalue weighted by Crippen LogP contribution is -2.33. The number of benzene rings is 2. The Morgan fingerprint density at radius 3 is 2.76 bits per heavy atom. The third kappa shape index (κ3) is 4.81. The summed E-state index contributed by atoms with van der Waals surface area (Å²) in [5, 5.41) is 3.91. The Kier molecular flexibility index (Phi) is 5.57. The van der Waals surface area contributed by atoms with Crippen molar-refractivity contribution >= 4 is 27.5 Å². The number of ether oxygens (including phenoxy) is 1. The van der Waals surface area contributed by atoms with Crippen LogP contribution in [0, 0.1) is 5.82 Å². The van der Waals surface area contributed by atoms with E-state index in [1.54, 1.807) is 23.5 Å². The van der Waals surface area contributed by atoms with E-state index in [9.17, 15) is 9.18 Å². The Balaban J connectivity index is 1.31. The van der Waals surface area contributed by atoms with E-state index in [4.69, 9.17) is 9.15 Å².